The quantitative estimate of drug-likeness (QED) is 0.515. The van der Waals surface area contributed by atoms with Crippen LogP contribution in [0, 0.1) is 13.8 Å². The van der Waals surface area contributed by atoms with E-state index in [1.54, 1.807) is 24.3 Å². The van der Waals surface area contributed by atoms with Gasteiger partial charge in [0.25, 0.3) is 0 Å². The molecule has 1 N–H and O–H groups in total. The highest BCUT2D eigenvalue weighted by atomic mass is 16.5. The van der Waals surface area contributed by atoms with Gasteiger partial charge in [0, 0.05) is 12.1 Å². The van der Waals surface area contributed by atoms with E-state index in [1.807, 2.05) is 39.0 Å². The highest BCUT2D eigenvalue weighted by Crippen LogP contribution is 2.19. The maximum Gasteiger partial charge on any atom is 0.338 e. The molecule has 0 aliphatic rings. The number of benzene rings is 2. The highest BCUT2D eigenvalue weighted by molar-refractivity contribution is 5.93. The Morgan fingerprint density at radius 2 is 1.74 bits per heavy atom. The Morgan fingerprint density at radius 3 is 2.44 bits per heavy atom. The Hall–Kier alpha value is -2.82. The number of hydrogen-bond donors (Lipinski definition) is 1. The molecule has 0 atom stereocenters. The van der Waals surface area contributed by atoms with Gasteiger partial charge in [-0.15, -0.1) is 0 Å². The number of hydrogen-bond acceptors (Lipinski definition) is 4. The van der Waals surface area contributed by atoms with Crippen molar-refractivity contribution < 1.29 is 19.1 Å². The van der Waals surface area contributed by atoms with Crippen LogP contribution in [-0.4, -0.2) is 25.1 Å². The molecule has 5 heteroatoms. The molecule has 2 aromatic rings. The number of carbonyl (C=O) groups is 2. The monoisotopic (exact) mass is 369 g/mol. The summed E-state index contributed by atoms with van der Waals surface area (Å²) in [7, 11) is 0. The molecule has 0 aliphatic carbocycles. The minimum absolute atomic E-state index is 0.0825. The molecule has 2 rings (SSSR count). The van der Waals surface area contributed by atoms with Crippen LogP contribution in [0.3, 0.4) is 0 Å². The van der Waals surface area contributed by atoms with Crippen LogP contribution < -0.4 is 10.1 Å². The lowest BCUT2D eigenvalue weighted by atomic mass is 10.1. The Bertz CT molecular complexity index is 768. The van der Waals surface area contributed by atoms with Crippen LogP contribution in [0.4, 0.5) is 5.69 Å². The van der Waals surface area contributed by atoms with Gasteiger partial charge >= 0.3 is 5.97 Å². The molecule has 0 unspecified atom stereocenters. The van der Waals surface area contributed by atoms with E-state index in [2.05, 4.69) is 5.32 Å². The van der Waals surface area contributed by atoms with Crippen molar-refractivity contribution in [2.24, 2.45) is 0 Å². The number of amides is 1. The average Bonchev–Trinajstić information content (AvgIpc) is 2.66. The van der Waals surface area contributed by atoms with E-state index >= 15 is 0 Å². The van der Waals surface area contributed by atoms with Gasteiger partial charge < -0.3 is 14.8 Å². The van der Waals surface area contributed by atoms with Crippen LogP contribution in [0.15, 0.2) is 42.5 Å². The molecule has 0 radical (unpaired) electrons. The van der Waals surface area contributed by atoms with Crippen molar-refractivity contribution in [3.8, 4) is 5.75 Å². The van der Waals surface area contributed by atoms with Gasteiger partial charge in [-0.25, -0.2) is 4.79 Å². The van der Waals surface area contributed by atoms with Crippen LogP contribution in [0.1, 0.15) is 47.7 Å². The number of esters is 1. The van der Waals surface area contributed by atoms with Gasteiger partial charge in [0.1, 0.15) is 5.75 Å². The molecule has 0 spiro atoms. The van der Waals surface area contributed by atoms with E-state index in [-0.39, 0.29) is 11.9 Å². The number of aryl methyl sites for hydroxylation is 2. The van der Waals surface area contributed by atoms with Crippen molar-refractivity contribution in [2.75, 3.05) is 18.5 Å². The van der Waals surface area contributed by atoms with Crippen LogP contribution in [0.2, 0.25) is 0 Å². The van der Waals surface area contributed by atoms with Gasteiger partial charge in [-0.1, -0.05) is 19.1 Å². The van der Waals surface area contributed by atoms with Crippen molar-refractivity contribution in [3.63, 3.8) is 0 Å². The van der Waals surface area contributed by atoms with Gasteiger partial charge in [0.2, 0.25) is 5.91 Å². The zero-order valence-corrected chi connectivity index (χ0v) is 16.2. The third kappa shape index (κ3) is 6.77. The van der Waals surface area contributed by atoms with Crippen LogP contribution in [0.5, 0.6) is 5.75 Å². The molecular weight excluding hydrogens is 342 g/mol. The van der Waals surface area contributed by atoms with Crippen LogP contribution in [0.25, 0.3) is 0 Å². The zero-order chi connectivity index (χ0) is 19.6. The number of ether oxygens (including phenoxy) is 2. The van der Waals surface area contributed by atoms with Crippen molar-refractivity contribution in [2.45, 2.75) is 40.0 Å². The second kappa shape index (κ2) is 10.4. The zero-order valence-electron chi connectivity index (χ0n) is 16.2. The van der Waals surface area contributed by atoms with Crippen molar-refractivity contribution in [1.29, 1.82) is 0 Å². The molecule has 0 saturated heterocycles. The summed E-state index contributed by atoms with van der Waals surface area (Å²) in [6.07, 6.45) is 1.78. The maximum absolute atomic E-state index is 12.0. The normalized spacial score (nSPS) is 10.3. The summed E-state index contributed by atoms with van der Waals surface area (Å²) in [6.45, 7) is 6.86. The van der Waals surface area contributed by atoms with Crippen molar-refractivity contribution >= 4 is 17.6 Å². The van der Waals surface area contributed by atoms with Crippen molar-refractivity contribution in [1.82, 2.24) is 0 Å². The predicted octanol–water partition coefficient (Wildman–Crippen LogP) is 4.67. The molecule has 0 heterocycles. The predicted molar refractivity (Wildman–Crippen MR) is 106 cm³/mol. The minimum Gasteiger partial charge on any atom is -0.493 e. The van der Waals surface area contributed by atoms with Crippen molar-refractivity contribution in [3.05, 3.63) is 59.2 Å². The van der Waals surface area contributed by atoms with E-state index in [4.69, 9.17) is 9.47 Å². The molecule has 0 fully saturated rings. The first-order valence-corrected chi connectivity index (χ1v) is 9.26. The second-order valence-electron chi connectivity index (χ2n) is 6.48. The minimum atomic E-state index is -0.349. The molecule has 0 aromatic heterocycles. The summed E-state index contributed by atoms with van der Waals surface area (Å²) >= 11 is 0. The Morgan fingerprint density at radius 1 is 1.00 bits per heavy atom. The number of nitrogens with one attached hydrogen (secondary N) is 1. The molecule has 1 amide bonds. The number of rotatable bonds is 9. The molecule has 2 aromatic carbocycles. The van der Waals surface area contributed by atoms with E-state index in [1.165, 1.54) is 0 Å². The molecule has 144 valence electrons. The Kier molecular flexibility index (Phi) is 7.86. The van der Waals surface area contributed by atoms with Gasteiger partial charge in [-0.3, -0.25) is 4.79 Å². The SMILES string of the molecule is CCCOC(=O)c1ccc(NC(=O)CCCOc2cc(C)ccc2C)cc1. The summed E-state index contributed by atoms with van der Waals surface area (Å²) in [5.41, 5.74) is 3.36. The van der Waals surface area contributed by atoms with E-state index in [9.17, 15) is 9.59 Å². The fourth-order valence-electron chi connectivity index (χ4n) is 2.47. The molecule has 0 saturated carbocycles. The van der Waals surface area contributed by atoms with Crippen LogP contribution in [-0.2, 0) is 9.53 Å². The number of carbonyl (C=O) groups excluding carboxylic acids is 2. The van der Waals surface area contributed by atoms with Gasteiger partial charge in [-0.2, -0.15) is 0 Å². The summed E-state index contributed by atoms with van der Waals surface area (Å²) < 4.78 is 10.8. The van der Waals surface area contributed by atoms with Gasteiger partial charge in [-0.05, 0) is 68.1 Å². The smallest absolute Gasteiger partial charge is 0.338 e. The molecule has 0 bridgehead atoms. The fraction of sp³-hybridized carbons (Fsp3) is 0.364. The first kappa shape index (κ1) is 20.5. The Labute approximate surface area is 160 Å². The molecule has 0 aliphatic heterocycles. The van der Waals surface area contributed by atoms with E-state index < -0.39 is 0 Å². The molecule has 27 heavy (non-hydrogen) atoms. The van der Waals surface area contributed by atoms with E-state index in [0.717, 1.165) is 23.3 Å². The third-order valence-corrected chi connectivity index (χ3v) is 3.99. The molecule has 5 nitrogen and oxygen atoms in total. The largest absolute Gasteiger partial charge is 0.493 e. The van der Waals surface area contributed by atoms with Gasteiger partial charge in [0.15, 0.2) is 0 Å². The van der Waals surface area contributed by atoms with Gasteiger partial charge in [0.05, 0.1) is 18.8 Å². The third-order valence-electron chi connectivity index (χ3n) is 3.99. The summed E-state index contributed by atoms with van der Waals surface area (Å²) in [5, 5.41) is 2.82. The molecular formula is C22H27NO4. The lowest BCUT2D eigenvalue weighted by molar-refractivity contribution is -0.116. The average molecular weight is 369 g/mol. The summed E-state index contributed by atoms with van der Waals surface area (Å²) in [4.78, 5) is 23.8. The first-order valence-electron chi connectivity index (χ1n) is 9.26. The fourth-order valence-corrected chi connectivity index (χ4v) is 2.47. The second-order valence-corrected chi connectivity index (χ2v) is 6.48. The summed E-state index contributed by atoms with van der Waals surface area (Å²) in [5.74, 6) is 0.431. The lowest BCUT2D eigenvalue weighted by Gasteiger charge is -2.10. The first-order chi connectivity index (χ1) is 13.0. The number of anilines is 1. The standard InChI is InChI=1S/C22H27NO4/c1-4-13-27-22(25)18-9-11-19(12-10-18)23-21(24)6-5-14-26-20-15-16(2)7-8-17(20)3/h7-12,15H,4-6,13-14H2,1-3H3,(H,23,24). The summed E-state index contributed by atoms with van der Waals surface area (Å²) in [6, 6.07) is 12.8. The highest BCUT2D eigenvalue weighted by Gasteiger charge is 2.08. The lowest BCUT2D eigenvalue weighted by Crippen LogP contribution is -2.13. The van der Waals surface area contributed by atoms with Crippen LogP contribution >= 0.6 is 0 Å². The Balaban J connectivity index is 1.74. The maximum atomic E-state index is 12.0. The topological polar surface area (TPSA) is 64.6 Å². The van der Waals surface area contributed by atoms with E-state index in [0.29, 0.717) is 37.3 Å².